The molecule has 8 heteroatoms. The second-order valence-electron chi connectivity index (χ2n) is 6.27. The maximum atomic E-state index is 13.2. The molecule has 0 bridgehead atoms. The largest absolute Gasteiger partial charge is 0.416 e. The molecule has 1 aliphatic rings. The van der Waals surface area contributed by atoms with Gasteiger partial charge in [0.2, 0.25) is 0 Å². The Morgan fingerprint density at radius 2 is 1.63 bits per heavy atom. The lowest BCUT2D eigenvalue weighted by Crippen LogP contribution is -2.32. The van der Waals surface area contributed by atoms with Crippen LogP contribution in [0.3, 0.4) is 0 Å². The predicted octanol–water partition coefficient (Wildman–Crippen LogP) is 4.10. The van der Waals surface area contributed by atoms with E-state index in [1.54, 1.807) is 30.3 Å². The molecular formula is C19H14F3NO3S. The molecule has 0 spiro atoms. The molecule has 1 heterocycles. The summed E-state index contributed by atoms with van der Waals surface area (Å²) in [7, 11) is -3.96. The molecule has 0 saturated carbocycles. The van der Waals surface area contributed by atoms with Crippen LogP contribution in [0.4, 0.5) is 18.9 Å². The molecule has 140 valence electrons. The van der Waals surface area contributed by atoms with E-state index in [9.17, 15) is 26.7 Å². The van der Waals surface area contributed by atoms with Gasteiger partial charge in [0, 0.05) is 5.39 Å². The zero-order chi connectivity index (χ0) is 19.4. The van der Waals surface area contributed by atoms with Gasteiger partial charge in [-0.2, -0.15) is 13.2 Å². The summed E-state index contributed by atoms with van der Waals surface area (Å²) in [5.74, 6) is 0. The van der Waals surface area contributed by atoms with E-state index in [2.05, 4.69) is 0 Å². The number of halogens is 3. The molecule has 0 amide bonds. The third kappa shape index (κ3) is 2.76. The van der Waals surface area contributed by atoms with Gasteiger partial charge in [0.05, 0.1) is 28.8 Å². The van der Waals surface area contributed by atoms with Crippen LogP contribution in [-0.4, -0.2) is 20.1 Å². The Balaban J connectivity index is 1.78. The summed E-state index contributed by atoms with van der Waals surface area (Å²) in [4.78, 5) is 0.0897. The van der Waals surface area contributed by atoms with Crippen molar-refractivity contribution in [3.63, 3.8) is 0 Å². The van der Waals surface area contributed by atoms with Crippen molar-refractivity contribution in [3.8, 4) is 0 Å². The number of rotatable bonds is 3. The zero-order valence-corrected chi connectivity index (χ0v) is 14.6. The molecule has 0 unspecified atom stereocenters. The minimum atomic E-state index is -4.65. The van der Waals surface area contributed by atoms with E-state index in [1.165, 1.54) is 18.2 Å². The van der Waals surface area contributed by atoms with Gasteiger partial charge in [-0.15, -0.1) is 0 Å². The summed E-state index contributed by atoms with van der Waals surface area (Å²) in [6.07, 6.45) is -6.29. The number of aliphatic hydroxyl groups excluding tert-OH is 1. The van der Waals surface area contributed by atoms with Crippen molar-refractivity contribution in [2.45, 2.75) is 17.2 Å². The second kappa shape index (κ2) is 5.97. The van der Waals surface area contributed by atoms with Crippen LogP contribution in [0.1, 0.15) is 17.2 Å². The molecule has 1 aliphatic heterocycles. The smallest absolute Gasteiger partial charge is 0.386 e. The fourth-order valence-electron chi connectivity index (χ4n) is 3.46. The number of β-amino-alcohol motifs (C(OH)–C–C–N with tert-alkyl or cyclic N) is 1. The Morgan fingerprint density at radius 3 is 2.33 bits per heavy atom. The van der Waals surface area contributed by atoms with Gasteiger partial charge in [0.1, 0.15) is 0 Å². The highest BCUT2D eigenvalue weighted by Crippen LogP contribution is 2.43. The van der Waals surface area contributed by atoms with Crippen LogP contribution in [0.15, 0.2) is 65.6 Å². The number of benzene rings is 3. The number of hydrogen-bond acceptors (Lipinski definition) is 3. The lowest BCUT2D eigenvalue weighted by atomic mass is 10.0. The number of aliphatic hydroxyl groups is 1. The molecular weight excluding hydrogens is 379 g/mol. The highest BCUT2D eigenvalue weighted by Gasteiger charge is 2.39. The Bertz CT molecular complexity index is 1140. The first kappa shape index (κ1) is 17.8. The number of alkyl halides is 3. The van der Waals surface area contributed by atoms with Gasteiger partial charge in [0.25, 0.3) is 10.0 Å². The Kier molecular flexibility index (Phi) is 3.94. The molecule has 27 heavy (non-hydrogen) atoms. The standard InChI is InChI=1S/C19H14F3NO3S/c20-19(21,22)14-8-2-1-7-13(14)16(24)11-23-15-9-3-5-12-6-4-10-17(18(12)15)27(23,25)26/h1-10,16,24H,11H2/t16-/m0/s1. The average molecular weight is 393 g/mol. The van der Waals surface area contributed by atoms with Gasteiger partial charge in [-0.3, -0.25) is 4.31 Å². The molecule has 4 nitrogen and oxygen atoms in total. The molecule has 0 aromatic heterocycles. The molecule has 0 fully saturated rings. The van der Waals surface area contributed by atoms with E-state index in [0.717, 1.165) is 16.4 Å². The van der Waals surface area contributed by atoms with Crippen molar-refractivity contribution in [1.82, 2.24) is 0 Å². The average Bonchev–Trinajstić information content (AvgIpc) is 2.84. The van der Waals surface area contributed by atoms with Crippen LogP contribution in [0.5, 0.6) is 0 Å². The highest BCUT2D eigenvalue weighted by atomic mass is 32.2. The van der Waals surface area contributed by atoms with Crippen LogP contribution in [0.2, 0.25) is 0 Å². The third-order valence-electron chi connectivity index (χ3n) is 4.65. The minimum Gasteiger partial charge on any atom is -0.386 e. The van der Waals surface area contributed by atoms with Gasteiger partial charge < -0.3 is 5.11 Å². The quantitative estimate of drug-likeness (QED) is 0.729. The lowest BCUT2D eigenvalue weighted by molar-refractivity contribution is -0.139. The summed E-state index contributed by atoms with van der Waals surface area (Å²) < 4.78 is 66.5. The molecule has 3 aromatic rings. The summed E-state index contributed by atoms with van der Waals surface area (Å²) in [5.41, 5.74) is -0.986. The molecule has 1 N–H and O–H groups in total. The predicted molar refractivity (Wildman–Crippen MR) is 94.9 cm³/mol. The molecule has 1 atom stereocenters. The molecule has 0 aliphatic carbocycles. The summed E-state index contributed by atoms with van der Waals surface area (Å²) >= 11 is 0. The van der Waals surface area contributed by atoms with Crippen LogP contribution in [0.25, 0.3) is 10.8 Å². The summed E-state index contributed by atoms with van der Waals surface area (Å²) in [5, 5.41) is 11.7. The summed E-state index contributed by atoms with van der Waals surface area (Å²) in [6.45, 7) is -0.511. The minimum absolute atomic E-state index is 0.0897. The van der Waals surface area contributed by atoms with Crippen molar-refractivity contribution < 1.29 is 26.7 Å². The van der Waals surface area contributed by atoms with E-state index in [4.69, 9.17) is 0 Å². The second-order valence-corrected chi connectivity index (χ2v) is 8.10. The van der Waals surface area contributed by atoms with E-state index < -0.39 is 34.4 Å². The topological polar surface area (TPSA) is 57.6 Å². The van der Waals surface area contributed by atoms with Gasteiger partial charge >= 0.3 is 6.18 Å². The van der Waals surface area contributed by atoms with Gasteiger partial charge in [0.15, 0.2) is 0 Å². The number of sulfonamides is 1. The highest BCUT2D eigenvalue weighted by molar-refractivity contribution is 7.93. The first-order chi connectivity index (χ1) is 12.7. The van der Waals surface area contributed by atoms with E-state index in [-0.39, 0.29) is 10.5 Å². The maximum Gasteiger partial charge on any atom is 0.416 e. The molecule has 0 radical (unpaired) electrons. The fourth-order valence-corrected chi connectivity index (χ4v) is 5.17. The fraction of sp³-hybridized carbons (Fsp3) is 0.158. The lowest BCUT2D eigenvalue weighted by Gasteiger charge is -2.24. The maximum absolute atomic E-state index is 13.2. The molecule has 0 saturated heterocycles. The van der Waals surface area contributed by atoms with E-state index in [1.807, 2.05) is 0 Å². The molecule has 3 aromatic carbocycles. The monoisotopic (exact) mass is 393 g/mol. The van der Waals surface area contributed by atoms with Crippen LogP contribution < -0.4 is 4.31 Å². The van der Waals surface area contributed by atoms with Crippen LogP contribution >= 0.6 is 0 Å². The van der Waals surface area contributed by atoms with Gasteiger partial charge in [-0.25, -0.2) is 8.42 Å². The van der Waals surface area contributed by atoms with E-state index in [0.29, 0.717) is 16.5 Å². The Morgan fingerprint density at radius 1 is 0.963 bits per heavy atom. The van der Waals surface area contributed by atoms with E-state index >= 15 is 0 Å². The Labute approximate surface area is 153 Å². The summed E-state index contributed by atoms with van der Waals surface area (Å²) in [6, 6.07) is 14.5. The van der Waals surface area contributed by atoms with Crippen molar-refractivity contribution in [1.29, 1.82) is 0 Å². The van der Waals surface area contributed by atoms with Gasteiger partial charge in [-0.05, 0) is 29.1 Å². The first-order valence-corrected chi connectivity index (χ1v) is 9.54. The number of hydrogen-bond donors (Lipinski definition) is 1. The van der Waals surface area contributed by atoms with Crippen molar-refractivity contribution >= 4 is 26.5 Å². The third-order valence-corrected chi connectivity index (χ3v) is 6.47. The van der Waals surface area contributed by atoms with Crippen LogP contribution in [0, 0.1) is 0 Å². The Hall–Kier alpha value is -2.58. The van der Waals surface area contributed by atoms with Crippen molar-refractivity contribution in [2.75, 3.05) is 10.8 Å². The van der Waals surface area contributed by atoms with Crippen molar-refractivity contribution in [2.24, 2.45) is 0 Å². The van der Waals surface area contributed by atoms with Gasteiger partial charge in [-0.1, -0.05) is 42.5 Å². The SMILES string of the molecule is O=S1(=O)c2cccc3cccc(c23)N1C[C@H](O)c1ccccc1C(F)(F)F. The first-order valence-electron chi connectivity index (χ1n) is 8.10. The zero-order valence-electron chi connectivity index (χ0n) is 13.8. The normalized spacial score (nSPS) is 16.7. The van der Waals surface area contributed by atoms with Crippen molar-refractivity contribution in [3.05, 3.63) is 71.8 Å². The molecule has 4 rings (SSSR count). The number of nitrogens with zero attached hydrogens (tertiary/aromatic N) is 1. The number of anilines is 1. The van der Waals surface area contributed by atoms with Crippen LogP contribution in [-0.2, 0) is 16.2 Å².